The lowest BCUT2D eigenvalue weighted by atomic mass is 9.94. The number of rotatable bonds is 5. The van der Waals surface area contributed by atoms with Crippen molar-refractivity contribution in [1.29, 1.82) is 0 Å². The summed E-state index contributed by atoms with van der Waals surface area (Å²) in [5.74, 6) is -0.0365. The first kappa shape index (κ1) is 17.4. The molecule has 1 aromatic carbocycles. The molecule has 1 fully saturated rings. The van der Waals surface area contributed by atoms with E-state index in [2.05, 4.69) is 15.5 Å². The van der Waals surface area contributed by atoms with Gasteiger partial charge in [-0.15, -0.1) is 0 Å². The lowest BCUT2D eigenvalue weighted by Gasteiger charge is -2.32. The lowest BCUT2D eigenvalue weighted by Crippen LogP contribution is -2.45. The van der Waals surface area contributed by atoms with Crippen molar-refractivity contribution in [1.82, 2.24) is 20.4 Å². The van der Waals surface area contributed by atoms with E-state index >= 15 is 0 Å². The van der Waals surface area contributed by atoms with E-state index in [1.807, 2.05) is 11.0 Å². The van der Waals surface area contributed by atoms with Crippen LogP contribution in [0.2, 0.25) is 0 Å². The molecule has 134 valence electrons. The Hall–Kier alpha value is -2.41. The molecule has 7 heteroatoms. The number of nitrogens with zero attached hydrogens (tertiary/aromatic N) is 2. The van der Waals surface area contributed by atoms with Gasteiger partial charge >= 0.3 is 6.03 Å². The Balaban J connectivity index is 1.63. The zero-order valence-corrected chi connectivity index (χ0v) is 14.3. The van der Waals surface area contributed by atoms with Gasteiger partial charge in [-0.2, -0.15) is 5.10 Å². The summed E-state index contributed by atoms with van der Waals surface area (Å²) < 4.78 is 18.0. The molecular formula is C18H23FN4O2. The quantitative estimate of drug-likeness (QED) is 0.818. The molecule has 1 aliphatic heterocycles. The number of piperidine rings is 1. The van der Waals surface area contributed by atoms with Crippen molar-refractivity contribution in [3.63, 3.8) is 0 Å². The molecule has 1 aromatic heterocycles. The lowest BCUT2D eigenvalue weighted by molar-refractivity contribution is 0.167. The average molecular weight is 346 g/mol. The maximum atomic E-state index is 13.0. The fourth-order valence-electron chi connectivity index (χ4n) is 3.10. The zero-order chi connectivity index (χ0) is 17.6. The smallest absolute Gasteiger partial charge is 0.317 e. The Morgan fingerprint density at radius 3 is 3.00 bits per heavy atom. The number of likely N-dealkylation sites (tertiary alicyclic amines) is 1. The molecule has 0 radical (unpaired) electrons. The topological polar surface area (TPSA) is 70.2 Å². The number of benzene rings is 1. The van der Waals surface area contributed by atoms with E-state index in [4.69, 9.17) is 4.74 Å². The van der Waals surface area contributed by atoms with Gasteiger partial charge in [0.05, 0.1) is 12.3 Å². The summed E-state index contributed by atoms with van der Waals surface area (Å²) in [7, 11) is 1.61. The van der Waals surface area contributed by atoms with Crippen LogP contribution in [0.1, 0.15) is 24.5 Å². The molecule has 0 aliphatic carbocycles. The SMILES string of the molecule is COCCNC(=O)N1CCCC(c2cc(-c3ccc(F)cc3)n[nH]2)C1. The number of aromatic amines is 1. The fourth-order valence-corrected chi connectivity index (χ4v) is 3.10. The normalized spacial score (nSPS) is 17.5. The number of carbonyl (C=O) groups is 1. The number of ether oxygens (including phenoxy) is 1. The van der Waals surface area contributed by atoms with Crippen LogP contribution in [-0.2, 0) is 4.74 Å². The minimum Gasteiger partial charge on any atom is -0.383 e. The van der Waals surface area contributed by atoms with Crippen LogP contribution in [0.25, 0.3) is 11.3 Å². The molecule has 2 heterocycles. The van der Waals surface area contributed by atoms with Crippen LogP contribution < -0.4 is 5.32 Å². The van der Waals surface area contributed by atoms with Gasteiger partial charge in [-0.25, -0.2) is 9.18 Å². The number of H-pyrrole nitrogens is 1. The summed E-state index contributed by atoms with van der Waals surface area (Å²) in [5.41, 5.74) is 2.67. The molecule has 2 amide bonds. The second kappa shape index (κ2) is 8.11. The predicted octanol–water partition coefficient (Wildman–Crippen LogP) is 2.75. The monoisotopic (exact) mass is 346 g/mol. The molecule has 2 N–H and O–H groups in total. The van der Waals surface area contributed by atoms with Crippen molar-refractivity contribution in [2.24, 2.45) is 0 Å². The van der Waals surface area contributed by atoms with Crippen LogP contribution >= 0.6 is 0 Å². The van der Waals surface area contributed by atoms with Gasteiger partial charge in [-0.05, 0) is 43.2 Å². The highest BCUT2D eigenvalue weighted by Gasteiger charge is 2.26. The van der Waals surface area contributed by atoms with Crippen LogP contribution in [0, 0.1) is 5.82 Å². The number of hydrogen-bond acceptors (Lipinski definition) is 3. The third kappa shape index (κ3) is 4.36. The second-order valence-corrected chi connectivity index (χ2v) is 6.23. The van der Waals surface area contributed by atoms with Gasteiger partial charge in [0.1, 0.15) is 5.82 Å². The highest BCUT2D eigenvalue weighted by atomic mass is 19.1. The summed E-state index contributed by atoms with van der Waals surface area (Å²) in [4.78, 5) is 14.0. The standard InChI is InChI=1S/C18H23FN4O2/c1-25-10-8-20-18(24)23-9-2-3-14(12-23)17-11-16(21-22-17)13-4-6-15(19)7-5-13/h4-7,11,14H,2-3,8-10,12H2,1H3,(H,20,24)(H,21,22). The van der Waals surface area contributed by atoms with E-state index < -0.39 is 0 Å². The summed E-state index contributed by atoms with van der Waals surface area (Å²) in [6.45, 7) is 2.43. The highest BCUT2D eigenvalue weighted by Crippen LogP contribution is 2.28. The van der Waals surface area contributed by atoms with Crippen molar-refractivity contribution in [3.05, 3.63) is 41.8 Å². The van der Waals surface area contributed by atoms with Crippen molar-refractivity contribution in [2.45, 2.75) is 18.8 Å². The molecule has 0 spiro atoms. The third-order valence-electron chi connectivity index (χ3n) is 4.47. The summed E-state index contributed by atoms with van der Waals surface area (Å²) in [6, 6.07) is 8.22. The number of halogens is 1. The number of carbonyl (C=O) groups excluding carboxylic acids is 1. The van der Waals surface area contributed by atoms with Gasteiger partial charge in [0.2, 0.25) is 0 Å². The predicted molar refractivity (Wildman–Crippen MR) is 92.8 cm³/mol. The average Bonchev–Trinajstić information content (AvgIpc) is 3.13. The Morgan fingerprint density at radius 1 is 1.44 bits per heavy atom. The van der Waals surface area contributed by atoms with E-state index in [1.54, 1.807) is 19.2 Å². The summed E-state index contributed by atoms with van der Waals surface area (Å²) in [6.07, 6.45) is 1.96. The van der Waals surface area contributed by atoms with Crippen molar-refractivity contribution in [3.8, 4) is 11.3 Å². The van der Waals surface area contributed by atoms with E-state index in [0.717, 1.165) is 36.3 Å². The third-order valence-corrected chi connectivity index (χ3v) is 4.47. The zero-order valence-electron chi connectivity index (χ0n) is 14.3. The van der Waals surface area contributed by atoms with Crippen LogP contribution in [-0.4, -0.2) is 54.5 Å². The highest BCUT2D eigenvalue weighted by molar-refractivity contribution is 5.74. The number of urea groups is 1. The van der Waals surface area contributed by atoms with Crippen molar-refractivity contribution < 1.29 is 13.9 Å². The Bertz CT molecular complexity index is 701. The van der Waals surface area contributed by atoms with Gasteiger partial charge in [0, 0.05) is 43.9 Å². The molecule has 2 aromatic rings. The largest absolute Gasteiger partial charge is 0.383 e. The van der Waals surface area contributed by atoms with E-state index in [0.29, 0.717) is 19.7 Å². The maximum absolute atomic E-state index is 13.0. The van der Waals surface area contributed by atoms with Crippen LogP contribution in [0.4, 0.5) is 9.18 Å². The van der Waals surface area contributed by atoms with Gasteiger partial charge in [0.25, 0.3) is 0 Å². The van der Waals surface area contributed by atoms with Crippen LogP contribution in [0.5, 0.6) is 0 Å². The molecule has 1 atom stereocenters. The number of nitrogens with one attached hydrogen (secondary N) is 2. The molecule has 6 nitrogen and oxygen atoms in total. The fraction of sp³-hybridized carbons (Fsp3) is 0.444. The first-order valence-electron chi connectivity index (χ1n) is 8.50. The van der Waals surface area contributed by atoms with Crippen molar-refractivity contribution in [2.75, 3.05) is 33.4 Å². The Kier molecular flexibility index (Phi) is 5.65. The van der Waals surface area contributed by atoms with Gasteiger partial charge in [0.15, 0.2) is 0 Å². The molecule has 3 rings (SSSR count). The second-order valence-electron chi connectivity index (χ2n) is 6.23. The molecule has 0 saturated carbocycles. The maximum Gasteiger partial charge on any atom is 0.317 e. The molecule has 25 heavy (non-hydrogen) atoms. The van der Waals surface area contributed by atoms with Gasteiger partial charge in [-0.1, -0.05) is 0 Å². The molecule has 1 unspecified atom stereocenters. The van der Waals surface area contributed by atoms with E-state index in [1.165, 1.54) is 12.1 Å². The van der Waals surface area contributed by atoms with E-state index in [9.17, 15) is 9.18 Å². The Morgan fingerprint density at radius 2 is 2.24 bits per heavy atom. The summed E-state index contributed by atoms with van der Waals surface area (Å²) >= 11 is 0. The van der Waals surface area contributed by atoms with Crippen molar-refractivity contribution >= 4 is 6.03 Å². The molecule has 0 bridgehead atoms. The minimum atomic E-state index is -0.262. The number of aromatic nitrogens is 2. The molecule has 1 saturated heterocycles. The minimum absolute atomic E-state index is 0.0555. The van der Waals surface area contributed by atoms with Crippen LogP contribution in [0.3, 0.4) is 0 Å². The Labute approximate surface area is 146 Å². The first-order valence-corrected chi connectivity index (χ1v) is 8.50. The van der Waals surface area contributed by atoms with Crippen LogP contribution in [0.15, 0.2) is 30.3 Å². The molecule has 1 aliphatic rings. The van der Waals surface area contributed by atoms with Gasteiger partial charge < -0.3 is 15.0 Å². The first-order chi connectivity index (χ1) is 12.2. The number of methoxy groups -OCH3 is 1. The van der Waals surface area contributed by atoms with E-state index in [-0.39, 0.29) is 17.8 Å². The van der Waals surface area contributed by atoms with Gasteiger partial charge in [-0.3, -0.25) is 5.10 Å². The number of amides is 2. The number of hydrogen-bond donors (Lipinski definition) is 2. The summed E-state index contributed by atoms with van der Waals surface area (Å²) in [5, 5.41) is 10.3. The molecular weight excluding hydrogens is 323 g/mol.